The predicted molar refractivity (Wildman–Crippen MR) is 115 cm³/mol. The van der Waals surface area contributed by atoms with Gasteiger partial charge in [0.1, 0.15) is 5.76 Å². The first-order valence-corrected chi connectivity index (χ1v) is 9.46. The zero-order valence-corrected chi connectivity index (χ0v) is 16.5. The first-order valence-electron chi connectivity index (χ1n) is 8.68. The Hall–Kier alpha value is -3.50. The quantitative estimate of drug-likeness (QED) is 0.491. The highest BCUT2D eigenvalue weighted by atomic mass is 32.1. The van der Waals surface area contributed by atoms with Gasteiger partial charge >= 0.3 is 0 Å². The Morgan fingerprint density at radius 1 is 1.36 bits per heavy atom. The van der Waals surface area contributed by atoms with Crippen molar-refractivity contribution in [3.8, 4) is 17.4 Å². The molecule has 4 aromatic rings. The Morgan fingerprint density at radius 2 is 2.21 bits per heavy atom. The second-order valence-corrected chi connectivity index (χ2v) is 6.90. The third-order valence-electron chi connectivity index (χ3n) is 4.58. The molecular formula is C21H17N5OS. The van der Waals surface area contributed by atoms with E-state index in [4.69, 9.17) is 4.42 Å². The van der Waals surface area contributed by atoms with E-state index in [1.807, 2.05) is 31.3 Å². The zero-order valence-electron chi connectivity index (χ0n) is 15.6. The van der Waals surface area contributed by atoms with Crippen molar-refractivity contribution in [3.63, 3.8) is 0 Å². The maximum Gasteiger partial charge on any atom is 0.177 e. The number of aromatic nitrogens is 2. The molecule has 4 rings (SSSR count). The van der Waals surface area contributed by atoms with Crippen LogP contribution in [0.3, 0.4) is 0 Å². The van der Waals surface area contributed by atoms with Gasteiger partial charge in [-0.15, -0.1) is 0 Å². The number of fused-ring (bicyclic) bond motifs is 2. The monoisotopic (exact) mass is 387 g/mol. The Morgan fingerprint density at radius 3 is 2.93 bits per heavy atom. The summed E-state index contributed by atoms with van der Waals surface area (Å²) in [6.07, 6.45) is 7.39. The van der Waals surface area contributed by atoms with Crippen LogP contribution in [0.1, 0.15) is 18.1 Å². The summed E-state index contributed by atoms with van der Waals surface area (Å²) in [7, 11) is 3.54. The van der Waals surface area contributed by atoms with E-state index >= 15 is 0 Å². The number of benzene rings is 1. The molecule has 3 heterocycles. The van der Waals surface area contributed by atoms with Crippen molar-refractivity contribution in [2.45, 2.75) is 6.92 Å². The average molecular weight is 387 g/mol. The SMILES string of the molecule is C/C=C(\C=NC)c1cnc(NC)c2oc(-c3c(C#N)ccc4cnsc34)cc12. The molecular weight excluding hydrogens is 370 g/mol. The van der Waals surface area contributed by atoms with Crippen molar-refractivity contribution in [2.24, 2.45) is 4.99 Å². The number of nitrogens with zero attached hydrogens (tertiary/aromatic N) is 4. The van der Waals surface area contributed by atoms with Gasteiger partial charge in [0.15, 0.2) is 11.4 Å². The molecule has 0 unspecified atom stereocenters. The lowest BCUT2D eigenvalue weighted by Crippen LogP contribution is -1.95. The van der Waals surface area contributed by atoms with Gasteiger partial charge in [0.05, 0.1) is 21.9 Å². The smallest absolute Gasteiger partial charge is 0.177 e. The first-order chi connectivity index (χ1) is 13.7. The summed E-state index contributed by atoms with van der Waals surface area (Å²) in [6, 6.07) is 7.95. The fourth-order valence-electron chi connectivity index (χ4n) is 3.27. The van der Waals surface area contributed by atoms with Crippen molar-refractivity contribution in [1.82, 2.24) is 9.36 Å². The lowest BCUT2D eigenvalue weighted by Gasteiger charge is -2.05. The predicted octanol–water partition coefficient (Wildman–Crippen LogP) is 5.12. The zero-order chi connectivity index (χ0) is 19.7. The highest BCUT2D eigenvalue weighted by Gasteiger charge is 2.20. The van der Waals surface area contributed by atoms with Gasteiger partial charge in [-0.1, -0.05) is 12.1 Å². The summed E-state index contributed by atoms with van der Waals surface area (Å²) in [6.45, 7) is 1.96. The summed E-state index contributed by atoms with van der Waals surface area (Å²) in [4.78, 5) is 8.64. The molecule has 0 amide bonds. The normalized spacial score (nSPS) is 12.1. The number of allylic oxidation sites excluding steroid dienone is 2. The number of nitriles is 1. The van der Waals surface area contributed by atoms with Crippen LogP contribution in [0.15, 0.2) is 46.1 Å². The van der Waals surface area contributed by atoms with Crippen molar-refractivity contribution in [3.05, 3.63) is 47.8 Å². The van der Waals surface area contributed by atoms with Gasteiger partial charge in [0, 0.05) is 49.0 Å². The highest BCUT2D eigenvalue weighted by Crippen LogP contribution is 2.40. The van der Waals surface area contributed by atoms with Crippen molar-refractivity contribution in [1.29, 1.82) is 5.26 Å². The standard InChI is InChI=1S/C21H17N5OS/c1-4-12(9-23-2)16-11-25-21(24-3)19-15(16)7-17(27-19)18-13(8-22)5-6-14-10-26-28-20(14)18/h4-7,9-11H,1-3H3,(H,24,25)/b12-4+,23-9?. The van der Waals surface area contributed by atoms with Gasteiger partial charge < -0.3 is 9.73 Å². The van der Waals surface area contributed by atoms with Crippen molar-refractivity contribution in [2.75, 3.05) is 19.4 Å². The Kier molecular flexibility index (Phi) is 4.63. The number of furan rings is 1. The van der Waals surface area contributed by atoms with Crippen molar-refractivity contribution >= 4 is 50.2 Å². The minimum atomic E-state index is 0.553. The van der Waals surface area contributed by atoms with Crippen LogP contribution in [-0.4, -0.2) is 29.7 Å². The van der Waals surface area contributed by atoms with E-state index in [2.05, 4.69) is 25.7 Å². The van der Waals surface area contributed by atoms with Crippen LogP contribution in [-0.2, 0) is 0 Å². The number of hydrogen-bond acceptors (Lipinski definition) is 7. The fraction of sp³-hybridized carbons (Fsp3) is 0.143. The maximum absolute atomic E-state index is 9.64. The molecule has 0 radical (unpaired) electrons. The molecule has 0 saturated heterocycles. The van der Waals surface area contributed by atoms with Crippen LogP contribution >= 0.6 is 11.5 Å². The molecule has 138 valence electrons. The fourth-order valence-corrected chi connectivity index (χ4v) is 4.07. The number of nitrogens with one attached hydrogen (secondary N) is 1. The molecule has 6 nitrogen and oxygen atoms in total. The summed E-state index contributed by atoms with van der Waals surface area (Å²) in [5.74, 6) is 1.26. The second kappa shape index (κ2) is 7.25. The molecule has 0 aliphatic rings. The van der Waals surface area contributed by atoms with Crippen LogP contribution in [0.4, 0.5) is 5.82 Å². The van der Waals surface area contributed by atoms with E-state index in [1.165, 1.54) is 11.5 Å². The Bertz CT molecular complexity index is 1290. The number of aliphatic imine (C=N–C) groups is 1. The molecule has 0 aliphatic heterocycles. The molecule has 28 heavy (non-hydrogen) atoms. The number of pyridine rings is 1. The highest BCUT2D eigenvalue weighted by molar-refractivity contribution is 7.14. The topological polar surface area (TPSA) is 87.1 Å². The lowest BCUT2D eigenvalue weighted by molar-refractivity contribution is 0.631. The van der Waals surface area contributed by atoms with Gasteiger partial charge in [-0.25, -0.2) is 4.98 Å². The van der Waals surface area contributed by atoms with Gasteiger partial charge in [-0.3, -0.25) is 4.99 Å². The summed E-state index contributed by atoms with van der Waals surface area (Å²) in [5, 5.41) is 14.6. The van der Waals surface area contributed by atoms with E-state index < -0.39 is 0 Å². The van der Waals surface area contributed by atoms with E-state index in [0.717, 1.165) is 32.2 Å². The maximum atomic E-state index is 9.64. The van der Waals surface area contributed by atoms with Crippen LogP contribution in [0, 0.1) is 11.3 Å². The molecule has 0 spiro atoms. The summed E-state index contributed by atoms with van der Waals surface area (Å²) >= 11 is 1.36. The summed E-state index contributed by atoms with van der Waals surface area (Å²) < 4.78 is 11.4. The van der Waals surface area contributed by atoms with Gasteiger partial charge in [-0.2, -0.15) is 9.64 Å². The average Bonchev–Trinajstić information content (AvgIpc) is 3.37. The van der Waals surface area contributed by atoms with Gasteiger partial charge in [0.2, 0.25) is 0 Å². The molecule has 0 atom stereocenters. The number of anilines is 1. The molecule has 0 fully saturated rings. The number of rotatable bonds is 4. The van der Waals surface area contributed by atoms with Gasteiger partial charge in [0.25, 0.3) is 0 Å². The van der Waals surface area contributed by atoms with Crippen molar-refractivity contribution < 1.29 is 4.42 Å². The molecule has 0 saturated carbocycles. The molecule has 1 N–H and O–H groups in total. The third-order valence-corrected chi connectivity index (χ3v) is 5.41. The second-order valence-electron chi connectivity index (χ2n) is 6.10. The third kappa shape index (κ3) is 2.75. The van der Waals surface area contributed by atoms with E-state index in [-0.39, 0.29) is 0 Å². The lowest BCUT2D eigenvalue weighted by atomic mass is 10.0. The number of hydrogen-bond donors (Lipinski definition) is 1. The van der Waals surface area contributed by atoms with Crippen LogP contribution < -0.4 is 5.32 Å². The molecule has 0 bridgehead atoms. The molecule has 7 heteroatoms. The van der Waals surface area contributed by atoms with Crippen LogP contribution in [0.25, 0.3) is 38.0 Å². The summed E-state index contributed by atoms with van der Waals surface area (Å²) in [5.41, 5.74) is 3.83. The first kappa shape index (κ1) is 17.9. The Balaban J connectivity index is 2.06. The molecule has 3 aromatic heterocycles. The molecule has 1 aromatic carbocycles. The van der Waals surface area contributed by atoms with Crippen LogP contribution in [0.5, 0.6) is 0 Å². The Labute approximate surface area is 166 Å². The van der Waals surface area contributed by atoms with E-state index in [1.54, 1.807) is 32.6 Å². The van der Waals surface area contributed by atoms with E-state index in [9.17, 15) is 5.26 Å². The van der Waals surface area contributed by atoms with Gasteiger partial charge in [-0.05, 0) is 36.2 Å². The minimum absolute atomic E-state index is 0.553. The largest absolute Gasteiger partial charge is 0.452 e. The molecule has 0 aliphatic carbocycles. The minimum Gasteiger partial charge on any atom is -0.452 e. The van der Waals surface area contributed by atoms with Crippen LogP contribution in [0.2, 0.25) is 0 Å². The van der Waals surface area contributed by atoms with E-state index in [0.29, 0.717) is 22.7 Å².